The first-order valence-corrected chi connectivity index (χ1v) is 9.97. The van der Waals surface area contributed by atoms with E-state index in [4.69, 9.17) is 11.6 Å². The van der Waals surface area contributed by atoms with Crippen LogP contribution in [0.15, 0.2) is 36.5 Å². The highest BCUT2D eigenvalue weighted by atomic mass is 35.5. The molecule has 4 rings (SSSR count). The quantitative estimate of drug-likeness (QED) is 0.708. The molecule has 1 aromatic heterocycles. The molecule has 2 aliphatic heterocycles. The molecule has 1 fully saturated rings. The zero-order valence-electron chi connectivity index (χ0n) is 15.7. The predicted molar refractivity (Wildman–Crippen MR) is 105 cm³/mol. The van der Waals surface area contributed by atoms with Crippen molar-refractivity contribution in [2.45, 2.75) is 37.4 Å². The van der Waals surface area contributed by atoms with E-state index in [0.717, 1.165) is 49.1 Å². The van der Waals surface area contributed by atoms with E-state index in [9.17, 15) is 13.2 Å². The first-order chi connectivity index (χ1) is 13.3. The number of rotatable bonds is 4. The van der Waals surface area contributed by atoms with Crippen LogP contribution < -0.4 is 4.90 Å². The van der Waals surface area contributed by atoms with Crippen molar-refractivity contribution >= 4 is 17.3 Å². The number of anilines is 1. The number of fused-ring (bicyclic) bond motifs is 3. The molecule has 2 atom stereocenters. The summed E-state index contributed by atoms with van der Waals surface area (Å²) in [5.41, 5.74) is 2.57. The Labute approximate surface area is 168 Å². The average Bonchev–Trinajstić information content (AvgIpc) is 2.94. The maximum Gasteiger partial charge on any atom is 0.433 e. The van der Waals surface area contributed by atoms with Crippen molar-refractivity contribution in [2.24, 2.45) is 0 Å². The minimum absolute atomic E-state index is 0.459. The van der Waals surface area contributed by atoms with Crippen molar-refractivity contribution in [1.82, 2.24) is 9.88 Å². The molecule has 0 amide bonds. The van der Waals surface area contributed by atoms with Crippen LogP contribution in [0.4, 0.5) is 18.9 Å². The average molecular weight is 410 g/mol. The number of likely N-dealkylation sites (tertiary alicyclic amines) is 1. The van der Waals surface area contributed by atoms with Crippen molar-refractivity contribution < 1.29 is 13.2 Å². The minimum atomic E-state index is -4.39. The van der Waals surface area contributed by atoms with Gasteiger partial charge in [-0.1, -0.05) is 17.7 Å². The Morgan fingerprint density at radius 3 is 2.75 bits per heavy atom. The summed E-state index contributed by atoms with van der Waals surface area (Å²) in [6, 6.07) is 9.20. The van der Waals surface area contributed by atoms with Crippen molar-refractivity contribution in [3.8, 4) is 0 Å². The molecule has 28 heavy (non-hydrogen) atoms. The van der Waals surface area contributed by atoms with Crippen LogP contribution >= 0.6 is 11.6 Å². The number of halogens is 4. The van der Waals surface area contributed by atoms with E-state index in [2.05, 4.69) is 34.0 Å². The summed E-state index contributed by atoms with van der Waals surface area (Å²) in [6.07, 6.45) is -0.355. The van der Waals surface area contributed by atoms with Crippen molar-refractivity contribution in [2.75, 3.05) is 31.6 Å². The third-order valence-corrected chi connectivity index (χ3v) is 6.09. The fourth-order valence-corrected chi connectivity index (χ4v) is 4.70. The second kappa shape index (κ2) is 7.56. The molecule has 0 radical (unpaired) electrons. The van der Waals surface area contributed by atoms with Gasteiger partial charge in [-0.2, -0.15) is 13.2 Å². The van der Waals surface area contributed by atoms with Gasteiger partial charge in [0, 0.05) is 42.0 Å². The summed E-state index contributed by atoms with van der Waals surface area (Å²) in [6.45, 7) is 2.97. The van der Waals surface area contributed by atoms with E-state index in [1.54, 1.807) is 0 Å². The maximum absolute atomic E-state index is 12.6. The Kier molecular flexibility index (Phi) is 5.27. The summed E-state index contributed by atoms with van der Waals surface area (Å²) < 4.78 is 37.9. The number of aryl methyl sites for hydroxylation is 1. The zero-order valence-corrected chi connectivity index (χ0v) is 16.5. The van der Waals surface area contributed by atoms with Crippen molar-refractivity contribution in [3.05, 3.63) is 58.4 Å². The standard InChI is InChI=1S/C21H23ClF3N3/c1-27-10-8-19-17(13-27)16-11-15(22)5-6-18(16)28(19)9-2-3-14-4-7-20(26-12-14)21(23,24)25/h4-7,11-12,17,19H,2-3,8-10,13H2,1H3. The molecular formula is C21H23ClF3N3. The van der Waals surface area contributed by atoms with Crippen LogP contribution in [0.2, 0.25) is 5.02 Å². The van der Waals surface area contributed by atoms with Crippen LogP contribution in [-0.4, -0.2) is 42.6 Å². The summed E-state index contributed by atoms with van der Waals surface area (Å²) in [7, 11) is 2.15. The SMILES string of the molecule is CN1CCC2C(C1)c1cc(Cl)ccc1N2CCCc1ccc(C(F)(F)F)nc1. The normalized spacial score (nSPS) is 22.2. The Bertz CT molecular complexity index is 838. The minimum Gasteiger partial charge on any atom is -0.368 e. The topological polar surface area (TPSA) is 19.4 Å². The lowest BCUT2D eigenvalue weighted by Crippen LogP contribution is -2.45. The van der Waals surface area contributed by atoms with E-state index in [0.29, 0.717) is 18.4 Å². The number of hydrogen-bond acceptors (Lipinski definition) is 3. The van der Waals surface area contributed by atoms with Gasteiger partial charge >= 0.3 is 6.18 Å². The molecule has 2 aromatic rings. The summed E-state index contributed by atoms with van der Waals surface area (Å²) >= 11 is 6.25. The lowest BCUT2D eigenvalue weighted by atomic mass is 9.89. The zero-order chi connectivity index (χ0) is 19.9. The van der Waals surface area contributed by atoms with Gasteiger partial charge in [0.2, 0.25) is 0 Å². The van der Waals surface area contributed by atoms with Gasteiger partial charge in [0.1, 0.15) is 5.69 Å². The summed E-state index contributed by atoms with van der Waals surface area (Å²) in [4.78, 5) is 8.40. The Morgan fingerprint density at radius 1 is 1.21 bits per heavy atom. The molecule has 0 N–H and O–H groups in total. The monoisotopic (exact) mass is 409 g/mol. The Balaban J connectivity index is 1.44. The number of benzene rings is 1. The molecule has 7 heteroatoms. The van der Waals surface area contributed by atoms with Crippen LogP contribution in [0, 0.1) is 0 Å². The third kappa shape index (κ3) is 3.85. The first-order valence-electron chi connectivity index (χ1n) is 9.59. The molecule has 1 aromatic carbocycles. The van der Waals surface area contributed by atoms with Crippen LogP contribution in [-0.2, 0) is 12.6 Å². The fraction of sp³-hybridized carbons (Fsp3) is 0.476. The number of piperidine rings is 1. The van der Waals surface area contributed by atoms with Gasteiger partial charge in [-0.25, -0.2) is 0 Å². The van der Waals surface area contributed by atoms with Crippen molar-refractivity contribution in [1.29, 1.82) is 0 Å². The molecule has 150 valence electrons. The third-order valence-electron chi connectivity index (χ3n) is 5.86. The number of alkyl halides is 3. The molecule has 2 aliphatic rings. The van der Waals surface area contributed by atoms with E-state index >= 15 is 0 Å². The molecular weight excluding hydrogens is 387 g/mol. The van der Waals surface area contributed by atoms with Crippen LogP contribution in [0.3, 0.4) is 0 Å². The number of likely N-dealkylation sites (N-methyl/N-ethyl adjacent to an activating group) is 1. The largest absolute Gasteiger partial charge is 0.433 e. The maximum atomic E-state index is 12.6. The number of hydrogen-bond donors (Lipinski definition) is 0. The molecule has 3 nitrogen and oxygen atoms in total. The Morgan fingerprint density at radius 2 is 2.04 bits per heavy atom. The highest BCUT2D eigenvalue weighted by molar-refractivity contribution is 6.30. The van der Waals surface area contributed by atoms with E-state index in [-0.39, 0.29) is 0 Å². The van der Waals surface area contributed by atoms with Gasteiger partial charge in [-0.05, 0) is 68.2 Å². The Hall–Kier alpha value is -1.79. The van der Waals surface area contributed by atoms with Gasteiger partial charge in [0.05, 0.1) is 0 Å². The van der Waals surface area contributed by atoms with Crippen LogP contribution in [0.25, 0.3) is 0 Å². The number of nitrogens with zero attached hydrogens (tertiary/aromatic N) is 3. The number of pyridine rings is 1. The predicted octanol–water partition coefficient (Wildman–Crippen LogP) is 4.99. The first kappa shape index (κ1) is 19.5. The summed E-state index contributed by atoms with van der Waals surface area (Å²) in [5.74, 6) is 0.459. The van der Waals surface area contributed by atoms with Crippen LogP contribution in [0.1, 0.15) is 35.6 Å². The smallest absolute Gasteiger partial charge is 0.368 e. The highest BCUT2D eigenvalue weighted by Crippen LogP contribution is 2.45. The van der Waals surface area contributed by atoms with Gasteiger partial charge in [-0.15, -0.1) is 0 Å². The van der Waals surface area contributed by atoms with Gasteiger partial charge in [0.15, 0.2) is 0 Å². The van der Waals surface area contributed by atoms with E-state index < -0.39 is 11.9 Å². The second-order valence-electron chi connectivity index (χ2n) is 7.77. The van der Waals surface area contributed by atoms with Crippen LogP contribution in [0.5, 0.6) is 0 Å². The lowest BCUT2D eigenvalue weighted by Gasteiger charge is -2.37. The second-order valence-corrected chi connectivity index (χ2v) is 8.21. The van der Waals surface area contributed by atoms with E-state index in [1.165, 1.54) is 23.5 Å². The molecule has 0 aliphatic carbocycles. The number of aromatic nitrogens is 1. The molecule has 2 unspecified atom stereocenters. The van der Waals surface area contributed by atoms with Gasteiger partial charge in [0.25, 0.3) is 0 Å². The van der Waals surface area contributed by atoms with E-state index in [1.807, 2.05) is 6.07 Å². The highest BCUT2D eigenvalue weighted by Gasteiger charge is 2.40. The lowest BCUT2D eigenvalue weighted by molar-refractivity contribution is -0.141. The van der Waals surface area contributed by atoms with Gasteiger partial charge in [-0.3, -0.25) is 4.98 Å². The summed E-state index contributed by atoms with van der Waals surface area (Å²) in [5, 5.41) is 0.767. The molecule has 0 saturated carbocycles. The molecule has 0 bridgehead atoms. The fourth-order valence-electron chi connectivity index (χ4n) is 4.52. The van der Waals surface area contributed by atoms with Gasteiger partial charge < -0.3 is 9.80 Å². The molecule has 1 saturated heterocycles. The van der Waals surface area contributed by atoms with Crippen molar-refractivity contribution in [3.63, 3.8) is 0 Å². The molecule has 3 heterocycles. The molecule has 0 spiro atoms.